The lowest BCUT2D eigenvalue weighted by molar-refractivity contribution is 0.979. The zero-order valence-electron chi connectivity index (χ0n) is 13.8. The van der Waals surface area contributed by atoms with Crippen molar-refractivity contribution >= 4 is 36.2 Å². The molecular formula is C18H28Cl2N2. The van der Waals surface area contributed by atoms with Crippen LogP contribution in [0.5, 0.6) is 0 Å². The Hall–Kier alpha value is -1.38. The molecule has 2 nitrogen and oxygen atoms in total. The highest BCUT2D eigenvalue weighted by atomic mass is 35.5. The van der Waals surface area contributed by atoms with Gasteiger partial charge in [0.25, 0.3) is 0 Å². The van der Waals surface area contributed by atoms with Gasteiger partial charge in [0.2, 0.25) is 0 Å². The predicted octanol–water partition coefficient (Wildman–Crippen LogP) is 5.55. The van der Waals surface area contributed by atoms with Gasteiger partial charge in [0.05, 0.1) is 0 Å². The number of rotatable bonds is 3. The zero-order valence-corrected chi connectivity index (χ0v) is 15.5. The van der Waals surface area contributed by atoms with Gasteiger partial charge in [-0.15, -0.1) is 24.8 Å². The van der Waals surface area contributed by atoms with Crippen molar-refractivity contribution in [1.29, 1.82) is 0 Å². The first-order chi connectivity index (χ1) is 9.54. The monoisotopic (exact) mass is 342 g/mol. The van der Waals surface area contributed by atoms with E-state index in [1.807, 2.05) is 19.1 Å². The maximum Gasteiger partial charge on any atom is 0.0346 e. The fourth-order valence-electron chi connectivity index (χ4n) is 1.71. The molecule has 2 rings (SSSR count). The zero-order chi connectivity index (χ0) is 15.0. The molecule has 0 aliphatic carbocycles. The van der Waals surface area contributed by atoms with E-state index in [0.29, 0.717) is 0 Å². The van der Waals surface area contributed by atoms with Crippen LogP contribution in [-0.2, 0) is 0 Å². The highest BCUT2D eigenvalue weighted by molar-refractivity contribution is 5.85. The molecule has 2 aromatic carbocycles. The van der Waals surface area contributed by atoms with Crippen LogP contribution in [0.15, 0.2) is 42.5 Å². The first kappa shape index (κ1) is 22.9. The number of nitrogens with two attached hydrogens (primary N) is 1. The van der Waals surface area contributed by atoms with Crippen molar-refractivity contribution in [3.05, 3.63) is 59.2 Å². The van der Waals surface area contributed by atoms with E-state index < -0.39 is 0 Å². The molecule has 0 bridgehead atoms. The maximum absolute atomic E-state index is 5.62. The summed E-state index contributed by atoms with van der Waals surface area (Å²) in [6, 6.07) is 14.4. The second kappa shape index (κ2) is 12.2. The number of hydrogen-bond donors (Lipinski definition) is 2. The van der Waals surface area contributed by atoms with Crippen molar-refractivity contribution in [2.75, 3.05) is 17.6 Å². The van der Waals surface area contributed by atoms with Crippen LogP contribution in [0.2, 0.25) is 0 Å². The Balaban J connectivity index is 0. The molecule has 0 fully saturated rings. The molecular weight excluding hydrogens is 315 g/mol. The van der Waals surface area contributed by atoms with Crippen molar-refractivity contribution in [3.8, 4) is 0 Å². The van der Waals surface area contributed by atoms with Crippen molar-refractivity contribution in [1.82, 2.24) is 0 Å². The summed E-state index contributed by atoms with van der Waals surface area (Å²) in [6.07, 6.45) is 1.17. The molecule has 0 atom stereocenters. The molecule has 0 heterocycles. The largest absolute Gasteiger partial charge is 0.399 e. The van der Waals surface area contributed by atoms with Crippen molar-refractivity contribution < 1.29 is 0 Å². The first-order valence-electron chi connectivity index (χ1n) is 7.16. The lowest BCUT2D eigenvalue weighted by Gasteiger charge is -2.03. The molecule has 22 heavy (non-hydrogen) atoms. The molecule has 3 N–H and O–H groups in total. The molecule has 0 aliphatic rings. The van der Waals surface area contributed by atoms with Gasteiger partial charge in [0, 0.05) is 17.9 Å². The number of benzene rings is 2. The third-order valence-corrected chi connectivity index (χ3v) is 3.28. The van der Waals surface area contributed by atoms with E-state index in [4.69, 9.17) is 5.73 Å². The smallest absolute Gasteiger partial charge is 0.0346 e. The lowest BCUT2D eigenvalue weighted by atomic mass is 10.1. The summed E-state index contributed by atoms with van der Waals surface area (Å²) in [5.74, 6) is 0. The normalized spacial score (nSPS) is 8.73. The van der Waals surface area contributed by atoms with Crippen molar-refractivity contribution in [2.45, 2.75) is 34.1 Å². The molecule has 0 spiro atoms. The van der Waals surface area contributed by atoms with E-state index in [0.717, 1.165) is 12.2 Å². The van der Waals surface area contributed by atoms with Gasteiger partial charge in [-0.1, -0.05) is 36.8 Å². The van der Waals surface area contributed by atoms with Crippen LogP contribution < -0.4 is 11.1 Å². The summed E-state index contributed by atoms with van der Waals surface area (Å²) in [5, 5.41) is 3.32. The fourth-order valence-corrected chi connectivity index (χ4v) is 1.71. The number of nitrogens with one attached hydrogen (secondary N) is 1. The highest BCUT2D eigenvalue weighted by Gasteiger charge is 1.92. The molecule has 0 aliphatic heterocycles. The SMILES string of the molecule is CCCNc1ccc(C)cc1.Cc1cccc(N)c1C.Cl.Cl. The van der Waals surface area contributed by atoms with Crippen LogP contribution in [-0.4, -0.2) is 6.54 Å². The van der Waals surface area contributed by atoms with Gasteiger partial charge in [-0.05, 0) is 56.5 Å². The van der Waals surface area contributed by atoms with Crippen molar-refractivity contribution in [2.24, 2.45) is 0 Å². The number of hydrogen-bond acceptors (Lipinski definition) is 2. The van der Waals surface area contributed by atoms with Crippen LogP contribution in [0.25, 0.3) is 0 Å². The Bertz CT molecular complexity index is 505. The number of halogens is 2. The highest BCUT2D eigenvalue weighted by Crippen LogP contribution is 2.13. The average Bonchev–Trinajstić information content (AvgIpc) is 2.45. The summed E-state index contributed by atoms with van der Waals surface area (Å²) >= 11 is 0. The van der Waals surface area contributed by atoms with Crippen LogP contribution >= 0.6 is 24.8 Å². The van der Waals surface area contributed by atoms with E-state index in [2.05, 4.69) is 56.4 Å². The second-order valence-electron chi connectivity index (χ2n) is 5.08. The summed E-state index contributed by atoms with van der Waals surface area (Å²) in [4.78, 5) is 0. The van der Waals surface area contributed by atoms with Crippen LogP contribution in [0.1, 0.15) is 30.0 Å². The molecule has 124 valence electrons. The molecule has 0 saturated heterocycles. The quantitative estimate of drug-likeness (QED) is 0.718. The van der Waals surface area contributed by atoms with Gasteiger partial charge in [-0.2, -0.15) is 0 Å². The Morgan fingerprint density at radius 3 is 1.95 bits per heavy atom. The third-order valence-electron chi connectivity index (χ3n) is 3.28. The number of nitrogen functional groups attached to an aromatic ring is 1. The van der Waals surface area contributed by atoms with E-state index >= 15 is 0 Å². The van der Waals surface area contributed by atoms with Crippen LogP contribution in [0.3, 0.4) is 0 Å². The predicted molar refractivity (Wildman–Crippen MR) is 105 cm³/mol. The van der Waals surface area contributed by atoms with E-state index in [1.54, 1.807) is 0 Å². The van der Waals surface area contributed by atoms with Gasteiger partial charge in [-0.3, -0.25) is 0 Å². The molecule has 2 aromatic rings. The summed E-state index contributed by atoms with van der Waals surface area (Å²) in [5.41, 5.74) is 11.5. The third kappa shape index (κ3) is 8.16. The first-order valence-corrected chi connectivity index (χ1v) is 7.16. The van der Waals surface area contributed by atoms with E-state index in [-0.39, 0.29) is 24.8 Å². The average molecular weight is 343 g/mol. The Morgan fingerprint density at radius 2 is 1.50 bits per heavy atom. The minimum atomic E-state index is 0. The van der Waals surface area contributed by atoms with Gasteiger partial charge >= 0.3 is 0 Å². The number of aryl methyl sites for hydroxylation is 2. The van der Waals surface area contributed by atoms with Gasteiger partial charge in [0.15, 0.2) is 0 Å². The Morgan fingerprint density at radius 1 is 0.909 bits per heavy atom. The van der Waals surface area contributed by atoms with Gasteiger partial charge < -0.3 is 11.1 Å². The lowest BCUT2D eigenvalue weighted by Crippen LogP contribution is -1.98. The van der Waals surface area contributed by atoms with Crippen LogP contribution in [0, 0.1) is 20.8 Å². The molecule has 0 amide bonds. The molecule has 0 unspecified atom stereocenters. The maximum atomic E-state index is 5.62. The van der Waals surface area contributed by atoms with E-state index in [9.17, 15) is 0 Å². The summed E-state index contributed by atoms with van der Waals surface area (Å²) in [7, 11) is 0. The van der Waals surface area contributed by atoms with E-state index in [1.165, 1.54) is 28.8 Å². The topological polar surface area (TPSA) is 38.0 Å². The molecule has 0 radical (unpaired) electrons. The second-order valence-corrected chi connectivity index (χ2v) is 5.08. The minimum absolute atomic E-state index is 0. The molecule has 0 saturated carbocycles. The van der Waals surface area contributed by atoms with Gasteiger partial charge in [-0.25, -0.2) is 0 Å². The standard InChI is InChI=1S/C10H15N.C8H11N.2ClH/c1-3-8-11-10-6-4-9(2)5-7-10;1-6-4-3-5-8(9)7(6)2;;/h4-7,11H,3,8H2,1-2H3;3-5H,9H2,1-2H3;2*1H. The fraction of sp³-hybridized carbons (Fsp3) is 0.333. The Kier molecular flexibility index (Phi) is 12.7. The molecule has 0 aromatic heterocycles. The van der Waals surface area contributed by atoms with Gasteiger partial charge in [0.1, 0.15) is 0 Å². The molecule has 4 heteroatoms. The van der Waals surface area contributed by atoms with Crippen LogP contribution in [0.4, 0.5) is 11.4 Å². The summed E-state index contributed by atoms with van der Waals surface area (Å²) in [6.45, 7) is 9.42. The summed E-state index contributed by atoms with van der Waals surface area (Å²) < 4.78 is 0. The number of anilines is 2. The Labute approximate surface area is 147 Å². The van der Waals surface area contributed by atoms with Crippen molar-refractivity contribution in [3.63, 3.8) is 0 Å². The minimum Gasteiger partial charge on any atom is -0.399 e.